The summed E-state index contributed by atoms with van der Waals surface area (Å²) in [6, 6.07) is 0. The summed E-state index contributed by atoms with van der Waals surface area (Å²) in [5.74, 6) is 0. The zero-order chi connectivity index (χ0) is 10.5. The average Bonchev–Trinajstić information content (AvgIpc) is 2.34. The van der Waals surface area contributed by atoms with Crippen LogP contribution in [-0.2, 0) is 10.4 Å². The lowest BCUT2D eigenvalue weighted by molar-refractivity contribution is -0.753. The molecular weight excluding hydrogens is 196 g/mol. The molecular formula is C6H13N2O4S+. The summed E-state index contributed by atoms with van der Waals surface area (Å²) in [6.07, 6.45) is 5.84. The number of quaternary nitrogens is 1. The van der Waals surface area contributed by atoms with Crippen LogP contribution in [0.1, 0.15) is 6.92 Å². The number of hydrogen-bond donors (Lipinski definition) is 2. The van der Waals surface area contributed by atoms with Crippen LogP contribution in [0.2, 0.25) is 0 Å². The molecule has 0 spiro atoms. The minimum atomic E-state index is -4.67. The van der Waals surface area contributed by atoms with Crippen LogP contribution in [0.25, 0.3) is 0 Å². The molecule has 7 heteroatoms. The van der Waals surface area contributed by atoms with Crippen LogP contribution in [0.5, 0.6) is 0 Å². The fourth-order valence-electron chi connectivity index (χ4n) is 0.607. The Hall–Kier alpha value is -0.760. The molecule has 2 N–H and O–H groups in total. The number of rotatable bonds is 1. The van der Waals surface area contributed by atoms with Crippen LogP contribution in [0.3, 0.4) is 0 Å². The molecule has 0 aromatic heterocycles. The first kappa shape index (κ1) is 12.2. The SMILES string of the molecule is CC[N+]1(C)C=CN=C1.O=S(=O)(O)O. The molecule has 1 aliphatic heterocycles. The zero-order valence-corrected chi connectivity index (χ0v) is 8.27. The van der Waals surface area contributed by atoms with Gasteiger partial charge in [0, 0.05) is 0 Å². The van der Waals surface area contributed by atoms with Crippen molar-refractivity contribution >= 4 is 16.7 Å². The van der Waals surface area contributed by atoms with Crippen molar-refractivity contribution in [2.45, 2.75) is 6.92 Å². The summed E-state index contributed by atoms with van der Waals surface area (Å²) >= 11 is 0. The van der Waals surface area contributed by atoms with E-state index in [2.05, 4.69) is 25.2 Å². The van der Waals surface area contributed by atoms with E-state index in [1.807, 2.05) is 12.5 Å². The summed E-state index contributed by atoms with van der Waals surface area (Å²) in [4.78, 5) is 3.97. The predicted molar refractivity (Wildman–Crippen MR) is 48.5 cm³/mol. The van der Waals surface area contributed by atoms with Crippen molar-refractivity contribution in [1.29, 1.82) is 0 Å². The third-order valence-corrected chi connectivity index (χ3v) is 1.51. The van der Waals surface area contributed by atoms with Crippen LogP contribution >= 0.6 is 0 Å². The first-order valence-corrected chi connectivity index (χ1v) is 4.93. The van der Waals surface area contributed by atoms with Gasteiger partial charge in [-0.05, 0) is 6.92 Å². The molecule has 0 bridgehead atoms. The second-order valence-electron chi connectivity index (χ2n) is 2.67. The Bertz CT molecular complexity index is 287. The monoisotopic (exact) mass is 209 g/mol. The normalized spacial score (nSPS) is 25.5. The molecule has 0 aliphatic carbocycles. The van der Waals surface area contributed by atoms with Crippen molar-refractivity contribution in [3.05, 3.63) is 12.4 Å². The van der Waals surface area contributed by atoms with Gasteiger partial charge in [-0.25, -0.2) is 4.99 Å². The van der Waals surface area contributed by atoms with Crippen LogP contribution < -0.4 is 0 Å². The maximum Gasteiger partial charge on any atom is 0.394 e. The molecule has 0 amide bonds. The minimum Gasteiger partial charge on any atom is -0.264 e. The first-order chi connectivity index (χ1) is 5.77. The smallest absolute Gasteiger partial charge is 0.264 e. The summed E-state index contributed by atoms with van der Waals surface area (Å²) < 4.78 is 32.4. The molecule has 1 heterocycles. The van der Waals surface area contributed by atoms with Gasteiger partial charge in [-0.3, -0.25) is 13.6 Å². The summed E-state index contributed by atoms with van der Waals surface area (Å²) in [5.41, 5.74) is 0. The third kappa shape index (κ3) is 7.60. The molecule has 1 unspecified atom stereocenters. The number of nitrogens with zero attached hydrogens (tertiary/aromatic N) is 2. The van der Waals surface area contributed by atoms with Gasteiger partial charge < -0.3 is 0 Å². The highest BCUT2D eigenvalue weighted by atomic mass is 32.3. The molecule has 76 valence electrons. The van der Waals surface area contributed by atoms with E-state index in [4.69, 9.17) is 17.5 Å². The topological polar surface area (TPSA) is 87.0 Å². The van der Waals surface area contributed by atoms with Crippen molar-refractivity contribution in [2.75, 3.05) is 13.6 Å². The Kier molecular flexibility index (Phi) is 4.21. The fourth-order valence-corrected chi connectivity index (χ4v) is 0.607. The molecule has 0 fully saturated rings. The first-order valence-electron chi connectivity index (χ1n) is 3.54. The van der Waals surface area contributed by atoms with Gasteiger partial charge in [0.25, 0.3) is 0 Å². The summed E-state index contributed by atoms with van der Waals surface area (Å²) in [7, 11) is -2.55. The van der Waals surface area contributed by atoms with Gasteiger partial charge in [-0.1, -0.05) is 0 Å². The van der Waals surface area contributed by atoms with Crippen molar-refractivity contribution in [3.8, 4) is 0 Å². The summed E-state index contributed by atoms with van der Waals surface area (Å²) in [5, 5.41) is 0. The van der Waals surface area contributed by atoms with Crippen molar-refractivity contribution < 1.29 is 22.0 Å². The van der Waals surface area contributed by atoms with Gasteiger partial charge in [0.05, 0.1) is 19.8 Å². The van der Waals surface area contributed by atoms with Gasteiger partial charge >= 0.3 is 10.4 Å². The van der Waals surface area contributed by atoms with E-state index in [1.54, 1.807) is 0 Å². The lowest BCUT2D eigenvalue weighted by Gasteiger charge is -2.18. The second kappa shape index (κ2) is 4.47. The average molecular weight is 209 g/mol. The fraction of sp³-hybridized carbons (Fsp3) is 0.500. The second-order valence-corrected chi connectivity index (χ2v) is 3.57. The van der Waals surface area contributed by atoms with Gasteiger partial charge in [-0.2, -0.15) is 8.42 Å². The van der Waals surface area contributed by atoms with E-state index >= 15 is 0 Å². The lowest BCUT2D eigenvalue weighted by Crippen LogP contribution is -2.33. The van der Waals surface area contributed by atoms with E-state index < -0.39 is 10.4 Å². The predicted octanol–water partition coefficient (Wildman–Crippen LogP) is 0.313. The quantitative estimate of drug-likeness (QED) is 0.480. The highest BCUT2D eigenvalue weighted by Gasteiger charge is 2.14. The van der Waals surface area contributed by atoms with E-state index in [0.717, 1.165) is 11.0 Å². The lowest BCUT2D eigenvalue weighted by atomic mass is 10.5. The molecule has 1 rings (SSSR count). The van der Waals surface area contributed by atoms with Gasteiger partial charge in [-0.15, -0.1) is 0 Å². The van der Waals surface area contributed by atoms with E-state index in [-0.39, 0.29) is 0 Å². The van der Waals surface area contributed by atoms with Crippen molar-refractivity contribution in [1.82, 2.24) is 0 Å². The van der Waals surface area contributed by atoms with Gasteiger partial charge in [0.1, 0.15) is 6.20 Å². The van der Waals surface area contributed by atoms with Crippen LogP contribution in [-0.4, -0.2) is 41.9 Å². The molecule has 0 saturated heterocycles. The summed E-state index contributed by atoms with van der Waals surface area (Å²) in [6.45, 7) is 3.22. The Morgan fingerprint density at radius 2 is 1.92 bits per heavy atom. The van der Waals surface area contributed by atoms with Crippen molar-refractivity contribution in [2.24, 2.45) is 4.99 Å². The molecule has 0 aromatic carbocycles. The Balaban J connectivity index is 0.000000252. The van der Waals surface area contributed by atoms with Crippen LogP contribution in [0.4, 0.5) is 0 Å². The molecule has 1 aliphatic rings. The molecule has 6 nitrogen and oxygen atoms in total. The van der Waals surface area contributed by atoms with Crippen LogP contribution in [0, 0.1) is 0 Å². The van der Waals surface area contributed by atoms with E-state index in [1.165, 1.54) is 0 Å². The molecule has 13 heavy (non-hydrogen) atoms. The highest BCUT2D eigenvalue weighted by Crippen LogP contribution is 2.04. The van der Waals surface area contributed by atoms with Gasteiger partial charge in [0.2, 0.25) is 0 Å². The third-order valence-electron chi connectivity index (χ3n) is 1.51. The molecule has 0 radical (unpaired) electrons. The Labute approximate surface area is 77.4 Å². The van der Waals surface area contributed by atoms with Crippen molar-refractivity contribution in [3.63, 3.8) is 0 Å². The van der Waals surface area contributed by atoms with Crippen LogP contribution in [0.15, 0.2) is 17.4 Å². The Morgan fingerprint density at radius 1 is 1.46 bits per heavy atom. The molecule has 0 saturated carbocycles. The zero-order valence-electron chi connectivity index (χ0n) is 7.45. The van der Waals surface area contributed by atoms with E-state index in [9.17, 15) is 0 Å². The Morgan fingerprint density at radius 3 is 2.08 bits per heavy atom. The number of aliphatic imine (C=N–C) groups is 1. The molecule has 0 aromatic rings. The largest absolute Gasteiger partial charge is 0.394 e. The van der Waals surface area contributed by atoms with E-state index in [0.29, 0.717) is 0 Å². The maximum absolute atomic E-state index is 8.74. The maximum atomic E-state index is 8.74. The highest BCUT2D eigenvalue weighted by molar-refractivity contribution is 7.79. The molecule has 1 atom stereocenters. The minimum absolute atomic E-state index is 0.847. The standard InChI is InChI=1S/C6H11N2.H2O4S/c1-3-8(2)5-4-7-6-8;1-5(2,3)4/h4-6H,3H2,1-2H3;(H2,1,2,3,4)/q+1;. The number of hydrogen-bond acceptors (Lipinski definition) is 3. The van der Waals surface area contributed by atoms with Gasteiger partial charge in [0.15, 0.2) is 6.34 Å².